The topological polar surface area (TPSA) is 17.4 Å². The molecule has 140 valence electrons. The van der Waals surface area contributed by atoms with Gasteiger partial charge in [0.25, 0.3) is 0 Å². The summed E-state index contributed by atoms with van der Waals surface area (Å²) in [6.07, 6.45) is 4.52. The number of nitrogens with zero attached hydrogens (tertiary/aromatic N) is 2. The molecule has 0 spiro atoms. The van der Waals surface area contributed by atoms with E-state index in [9.17, 15) is 0 Å². The number of ether oxygens (including phenoxy) is 1. The number of aromatic nitrogens is 1. The highest BCUT2D eigenvalue weighted by Crippen LogP contribution is 2.31. The van der Waals surface area contributed by atoms with Crippen LogP contribution in [0.1, 0.15) is 29.3 Å². The Morgan fingerprint density at radius 1 is 1.04 bits per heavy atom. The third-order valence-electron chi connectivity index (χ3n) is 5.72. The molecule has 0 saturated carbocycles. The maximum atomic E-state index is 5.29. The largest absolute Gasteiger partial charge is 0.497 e. The van der Waals surface area contributed by atoms with Gasteiger partial charge in [-0.1, -0.05) is 23.8 Å². The molecular weight excluding hydrogens is 332 g/mol. The van der Waals surface area contributed by atoms with E-state index in [1.54, 1.807) is 7.11 Å². The summed E-state index contributed by atoms with van der Waals surface area (Å²) in [6, 6.07) is 15.2. The number of hydrogen-bond acceptors (Lipinski definition) is 2. The van der Waals surface area contributed by atoms with Gasteiger partial charge in [-0.05, 0) is 68.3 Å². The van der Waals surface area contributed by atoms with Crippen molar-refractivity contribution in [1.82, 2.24) is 9.47 Å². The van der Waals surface area contributed by atoms with E-state index in [1.165, 1.54) is 38.9 Å². The predicted molar refractivity (Wildman–Crippen MR) is 114 cm³/mol. The first kappa shape index (κ1) is 17.9. The number of aryl methyl sites for hydroxylation is 1. The van der Waals surface area contributed by atoms with Crippen LogP contribution in [0.5, 0.6) is 5.75 Å². The number of fused-ring (bicyclic) bond motifs is 3. The minimum atomic E-state index is 0.894. The van der Waals surface area contributed by atoms with Crippen LogP contribution in [0.15, 0.2) is 42.5 Å². The molecule has 0 atom stereocenters. The Bertz CT molecular complexity index is 995. The average Bonchev–Trinajstić information content (AvgIpc) is 2.82. The molecule has 1 aliphatic heterocycles. The fourth-order valence-electron chi connectivity index (χ4n) is 4.08. The zero-order chi connectivity index (χ0) is 19.0. The van der Waals surface area contributed by atoms with Gasteiger partial charge in [0.2, 0.25) is 0 Å². The fraction of sp³-hybridized carbons (Fsp3) is 0.333. The van der Waals surface area contributed by atoms with Crippen molar-refractivity contribution in [3.63, 3.8) is 0 Å². The molecule has 0 amide bonds. The molecule has 3 nitrogen and oxygen atoms in total. The first-order valence-corrected chi connectivity index (χ1v) is 9.70. The van der Waals surface area contributed by atoms with Crippen LogP contribution in [0.3, 0.4) is 0 Å². The summed E-state index contributed by atoms with van der Waals surface area (Å²) >= 11 is 0. The molecule has 4 rings (SSSR count). The summed E-state index contributed by atoms with van der Waals surface area (Å²) in [6.45, 7) is 6.61. The zero-order valence-corrected chi connectivity index (χ0v) is 16.7. The highest BCUT2D eigenvalue weighted by atomic mass is 16.5. The number of methoxy groups -OCH3 is 1. The maximum Gasteiger partial charge on any atom is 0.118 e. The monoisotopic (exact) mass is 360 g/mol. The molecular formula is C24H28N2O. The molecule has 27 heavy (non-hydrogen) atoms. The molecule has 3 heteroatoms. The van der Waals surface area contributed by atoms with Crippen LogP contribution in [-0.2, 0) is 12.8 Å². The van der Waals surface area contributed by atoms with Gasteiger partial charge < -0.3 is 14.2 Å². The van der Waals surface area contributed by atoms with Crippen LogP contribution in [-0.4, -0.2) is 36.7 Å². The van der Waals surface area contributed by atoms with E-state index in [2.05, 4.69) is 66.9 Å². The second-order valence-electron chi connectivity index (χ2n) is 7.66. The Morgan fingerprint density at radius 3 is 2.52 bits per heavy atom. The lowest BCUT2D eigenvalue weighted by molar-refractivity contribution is 0.351. The van der Waals surface area contributed by atoms with Crippen LogP contribution < -0.4 is 4.74 Å². The van der Waals surface area contributed by atoms with Gasteiger partial charge in [0.15, 0.2) is 0 Å². The SMILES string of the molecule is COc1ccc(/C(C)=C/n2c3c(c4cc(C)ccc42)CCN(C)CC3)cc1. The van der Waals surface area contributed by atoms with Crippen LogP contribution in [0.2, 0.25) is 0 Å². The van der Waals surface area contributed by atoms with Gasteiger partial charge in [-0.15, -0.1) is 0 Å². The van der Waals surface area contributed by atoms with Gasteiger partial charge in [0.05, 0.1) is 12.6 Å². The maximum absolute atomic E-state index is 5.29. The van der Waals surface area contributed by atoms with Crippen molar-refractivity contribution < 1.29 is 4.74 Å². The highest BCUT2D eigenvalue weighted by Gasteiger charge is 2.20. The van der Waals surface area contributed by atoms with Crippen molar-refractivity contribution in [2.24, 2.45) is 0 Å². The third-order valence-corrected chi connectivity index (χ3v) is 5.72. The van der Waals surface area contributed by atoms with Crippen LogP contribution in [0.4, 0.5) is 0 Å². The lowest BCUT2D eigenvalue weighted by atomic mass is 10.1. The van der Waals surface area contributed by atoms with Gasteiger partial charge in [-0.25, -0.2) is 0 Å². The second kappa shape index (κ2) is 7.24. The van der Waals surface area contributed by atoms with Crippen molar-refractivity contribution in [3.05, 3.63) is 64.8 Å². The highest BCUT2D eigenvalue weighted by molar-refractivity contribution is 5.90. The molecule has 0 fully saturated rings. The Morgan fingerprint density at radius 2 is 1.78 bits per heavy atom. The van der Waals surface area contributed by atoms with E-state index in [1.807, 2.05) is 12.1 Å². The average molecular weight is 361 g/mol. The predicted octanol–water partition coefficient (Wildman–Crippen LogP) is 5.01. The van der Waals surface area contributed by atoms with Crippen molar-refractivity contribution in [3.8, 4) is 5.75 Å². The third kappa shape index (κ3) is 3.40. The normalized spacial score (nSPS) is 15.6. The van der Waals surface area contributed by atoms with Gasteiger partial charge >= 0.3 is 0 Å². The van der Waals surface area contributed by atoms with E-state index >= 15 is 0 Å². The van der Waals surface area contributed by atoms with Crippen molar-refractivity contribution in [1.29, 1.82) is 0 Å². The number of likely N-dealkylation sites (N-methyl/N-ethyl adjacent to an activating group) is 1. The Labute approximate surface area is 161 Å². The molecule has 2 heterocycles. The van der Waals surface area contributed by atoms with Gasteiger partial charge in [-0.2, -0.15) is 0 Å². The lowest BCUT2D eigenvalue weighted by Gasteiger charge is -2.13. The summed E-state index contributed by atoms with van der Waals surface area (Å²) in [5.41, 5.74) is 8.13. The minimum absolute atomic E-state index is 0.894. The molecule has 2 aromatic carbocycles. The molecule has 0 N–H and O–H groups in total. The quantitative estimate of drug-likeness (QED) is 0.653. The summed E-state index contributed by atoms with van der Waals surface area (Å²) in [4.78, 5) is 2.44. The molecule has 0 aliphatic carbocycles. The number of rotatable bonds is 3. The number of hydrogen-bond donors (Lipinski definition) is 0. The van der Waals surface area contributed by atoms with E-state index in [0.29, 0.717) is 0 Å². The van der Waals surface area contributed by atoms with Crippen LogP contribution >= 0.6 is 0 Å². The molecule has 1 aromatic heterocycles. The van der Waals surface area contributed by atoms with Gasteiger partial charge in [0.1, 0.15) is 5.75 Å². The molecule has 0 saturated heterocycles. The Kier molecular flexibility index (Phi) is 4.79. The molecule has 0 radical (unpaired) electrons. The molecule has 3 aromatic rings. The fourth-order valence-corrected chi connectivity index (χ4v) is 4.08. The standard InChI is InChI=1S/C24H28N2O/c1-17-5-10-23-22(15-17)21-11-13-25(3)14-12-24(21)26(23)16-18(2)19-6-8-20(27-4)9-7-19/h5-10,15-16H,11-14H2,1-4H3/b18-16+. The summed E-state index contributed by atoms with van der Waals surface area (Å²) in [5.74, 6) is 0.894. The van der Waals surface area contributed by atoms with E-state index in [0.717, 1.165) is 31.7 Å². The van der Waals surface area contributed by atoms with Crippen molar-refractivity contribution in [2.75, 3.05) is 27.2 Å². The minimum Gasteiger partial charge on any atom is -0.497 e. The first-order chi connectivity index (χ1) is 13.1. The number of benzene rings is 2. The van der Waals surface area contributed by atoms with E-state index in [-0.39, 0.29) is 0 Å². The lowest BCUT2D eigenvalue weighted by Crippen LogP contribution is -2.21. The smallest absolute Gasteiger partial charge is 0.118 e. The van der Waals surface area contributed by atoms with E-state index < -0.39 is 0 Å². The second-order valence-corrected chi connectivity index (χ2v) is 7.66. The Hall–Kier alpha value is -2.52. The summed E-state index contributed by atoms with van der Waals surface area (Å²) in [7, 11) is 3.93. The Balaban J connectivity index is 1.85. The molecule has 0 unspecified atom stereocenters. The summed E-state index contributed by atoms with van der Waals surface area (Å²) < 4.78 is 7.73. The van der Waals surface area contributed by atoms with E-state index in [4.69, 9.17) is 4.74 Å². The summed E-state index contributed by atoms with van der Waals surface area (Å²) in [5, 5.41) is 1.42. The first-order valence-electron chi connectivity index (χ1n) is 9.70. The van der Waals surface area contributed by atoms with Crippen LogP contribution in [0, 0.1) is 6.92 Å². The molecule has 0 bridgehead atoms. The van der Waals surface area contributed by atoms with Crippen LogP contribution in [0.25, 0.3) is 22.7 Å². The van der Waals surface area contributed by atoms with Crippen molar-refractivity contribution >= 4 is 22.7 Å². The molecule has 1 aliphatic rings. The number of allylic oxidation sites excluding steroid dienone is 1. The van der Waals surface area contributed by atoms with Crippen molar-refractivity contribution in [2.45, 2.75) is 26.7 Å². The van der Waals surface area contributed by atoms with Gasteiger partial charge in [0, 0.05) is 36.8 Å². The van der Waals surface area contributed by atoms with Gasteiger partial charge in [-0.3, -0.25) is 0 Å². The zero-order valence-electron chi connectivity index (χ0n) is 16.7.